The van der Waals surface area contributed by atoms with Gasteiger partial charge >= 0.3 is 0 Å². The van der Waals surface area contributed by atoms with Gasteiger partial charge in [-0.05, 0) is 6.92 Å². The second-order valence-corrected chi connectivity index (χ2v) is 4.99. The Kier molecular flexibility index (Phi) is 4.01. The molecule has 1 N–H and O–H groups in total. The Hall–Kier alpha value is -3.22. The van der Waals surface area contributed by atoms with Crippen LogP contribution in [0.2, 0.25) is 0 Å². The molecule has 7 nitrogen and oxygen atoms in total. The van der Waals surface area contributed by atoms with Gasteiger partial charge in [0.25, 0.3) is 5.56 Å². The third-order valence-corrected chi connectivity index (χ3v) is 3.15. The van der Waals surface area contributed by atoms with Crippen LogP contribution in [0.5, 0.6) is 0 Å². The van der Waals surface area contributed by atoms with E-state index in [9.17, 15) is 9.59 Å². The lowest BCUT2D eigenvalue weighted by Gasteiger charge is -2.06. The zero-order valence-corrected chi connectivity index (χ0v) is 12.4. The van der Waals surface area contributed by atoms with E-state index in [-0.39, 0.29) is 18.0 Å². The predicted octanol–water partition coefficient (Wildman–Crippen LogP) is 1.85. The summed E-state index contributed by atoms with van der Waals surface area (Å²) in [4.78, 5) is 28.2. The van der Waals surface area contributed by atoms with Gasteiger partial charge in [-0.25, -0.2) is 4.98 Å². The van der Waals surface area contributed by atoms with E-state index in [0.29, 0.717) is 11.4 Å². The molecule has 0 aliphatic rings. The largest absolute Gasteiger partial charge is 0.338 e. The molecule has 0 saturated carbocycles. The summed E-state index contributed by atoms with van der Waals surface area (Å²) >= 11 is 0. The highest BCUT2D eigenvalue weighted by molar-refractivity contribution is 5.89. The van der Waals surface area contributed by atoms with Crippen LogP contribution in [0.1, 0.15) is 5.69 Å². The minimum atomic E-state index is -0.391. The summed E-state index contributed by atoms with van der Waals surface area (Å²) in [6.45, 7) is 1.59. The van der Waals surface area contributed by atoms with Gasteiger partial charge in [0.05, 0.1) is 17.7 Å². The maximum atomic E-state index is 12.1. The molecule has 0 atom stereocenters. The van der Waals surface area contributed by atoms with Gasteiger partial charge in [-0.2, -0.15) is 0 Å². The Morgan fingerprint density at radius 1 is 1.26 bits per heavy atom. The molecular weight excluding hydrogens is 296 g/mol. The maximum absolute atomic E-state index is 12.1. The van der Waals surface area contributed by atoms with Gasteiger partial charge in [0, 0.05) is 17.7 Å². The fourth-order valence-electron chi connectivity index (χ4n) is 2.07. The Morgan fingerprint density at radius 2 is 2.04 bits per heavy atom. The van der Waals surface area contributed by atoms with Gasteiger partial charge in [0.2, 0.25) is 11.8 Å². The van der Waals surface area contributed by atoms with Crippen molar-refractivity contribution in [1.29, 1.82) is 0 Å². The van der Waals surface area contributed by atoms with Crippen molar-refractivity contribution in [2.45, 2.75) is 13.5 Å². The van der Waals surface area contributed by atoms with Gasteiger partial charge in [-0.15, -0.1) is 0 Å². The number of hydrogen-bond acceptors (Lipinski definition) is 5. The number of nitrogens with one attached hydrogen (secondary N) is 1. The van der Waals surface area contributed by atoms with Crippen LogP contribution >= 0.6 is 0 Å². The zero-order valence-electron chi connectivity index (χ0n) is 12.4. The number of anilines is 1. The molecule has 3 rings (SSSR count). The lowest BCUT2D eigenvalue weighted by atomic mass is 10.1. The van der Waals surface area contributed by atoms with Crippen molar-refractivity contribution in [3.05, 3.63) is 64.8 Å². The monoisotopic (exact) mass is 310 g/mol. The predicted molar refractivity (Wildman–Crippen MR) is 83.8 cm³/mol. The summed E-state index contributed by atoms with van der Waals surface area (Å²) in [6.07, 6.45) is 1.36. The van der Waals surface area contributed by atoms with E-state index in [4.69, 9.17) is 4.52 Å². The fourth-order valence-corrected chi connectivity index (χ4v) is 2.07. The SMILES string of the molecule is Cc1cc(NC(=O)Cn2cnc(-c3ccccc3)cc2=O)on1. The van der Waals surface area contributed by atoms with E-state index in [0.717, 1.165) is 5.56 Å². The standard InChI is InChI=1S/C16H14N4O3/c1-11-7-15(23-19-11)18-14(21)9-20-10-17-13(8-16(20)22)12-5-3-2-4-6-12/h2-8,10H,9H2,1H3,(H,18,21). The molecule has 0 spiro atoms. The lowest BCUT2D eigenvalue weighted by Crippen LogP contribution is -2.27. The number of carbonyl (C=O) groups excluding carboxylic acids is 1. The number of carbonyl (C=O) groups is 1. The van der Waals surface area contributed by atoms with E-state index in [1.807, 2.05) is 30.3 Å². The molecule has 0 fully saturated rings. The van der Waals surface area contributed by atoms with Crippen LogP contribution in [0.15, 0.2) is 58.1 Å². The van der Waals surface area contributed by atoms with Gasteiger partial charge in [0.1, 0.15) is 6.54 Å². The molecule has 3 aromatic rings. The van der Waals surface area contributed by atoms with Crippen molar-refractivity contribution in [2.24, 2.45) is 0 Å². The van der Waals surface area contributed by atoms with Crippen molar-refractivity contribution in [2.75, 3.05) is 5.32 Å². The summed E-state index contributed by atoms with van der Waals surface area (Å²) in [6, 6.07) is 12.4. The summed E-state index contributed by atoms with van der Waals surface area (Å²) in [5.41, 5.74) is 1.77. The minimum Gasteiger partial charge on any atom is -0.338 e. The fraction of sp³-hybridized carbons (Fsp3) is 0.125. The molecule has 7 heteroatoms. The second-order valence-electron chi connectivity index (χ2n) is 4.99. The first kappa shape index (κ1) is 14.7. The van der Waals surface area contributed by atoms with Crippen LogP contribution < -0.4 is 10.9 Å². The normalized spacial score (nSPS) is 10.5. The first-order chi connectivity index (χ1) is 11.1. The molecule has 2 heterocycles. The molecule has 23 heavy (non-hydrogen) atoms. The van der Waals surface area contributed by atoms with E-state index < -0.39 is 5.91 Å². The van der Waals surface area contributed by atoms with Crippen molar-refractivity contribution in [3.63, 3.8) is 0 Å². The molecule has 0 aliphatic heterocycles. The molecule has 0 radical (unpaired) electrons. The Balaban J connectivity index is 1.74. The van der Waals surface area contributed by atoms with Gasteiger partial charge in [0.15, 0.2) is 0 Å². The summed E-state index contributed by atoms with van der Waals surface area (Å²) in [5.74, 6) is -0.146. The Bertz CT molecular complexity index is 884. The molecule has 0 saturated heterocycles. The molecule has 2 aromatic heterocycles. The third kappa shape index (κ3) is 3.52. The molecule has 0 bridgehead atoms. The maximum Gasteiger partial charge on any atom is 0.254 e. The summed E-state index contributed by atoms with van der Waals surface area (Å²) in [5, 5.41) is 6.20. The molecular formula is C16H14N4O3. The topological polar surface area (TPSA) is 90.0 Å². The van der Waals surface area contributed by atoms with Crippen LogP contribution in [0, 0.1) is 6.92 Å². The lowest BCUT2D eigenvalue weighted by molar-refractivity contribution is -0.116. The number of benzene rings is 1. The third-order valence-electron chi connectivity index (χ3n) is 3.15. The van der Waals surface area contributed by atoms with E-state index in [1.54, 1.807) is 13.0 Å². The Morgan fingerprint density at radius 3 is 2.70 bits per heavy atom. The number of aryl methyl sites for hydroxylation is 1. The number of hydrogen-bond donors (Lipinski definition) is 1. The Labute approximate surface area is 131 Å². The zero-order chi connectivity index (χ0) is 16.2. The van der Waals surface area contributed by atoms with Gasteiger partial charge < -0.3 is 4.52 Å². The first-order valence-corrected chi connectivity index (χ1v) is 6.97. The smallest absolute Gasteiger partial charge is 0.254 e. The van der Waals surface area contributed by atoms with Crippen LogP contribution in [-0.4, -0.2) is 20.6 Å². The summed E-state index contributed by atoms with van der Waals surface area (Å²) in [7, 11) is 0. The first-order valence-electron chi connectivity index (χ1n) is 6.97. The van der Waals surface area contributed by atoms with Crippen LogP contribution in [-0.2, 0) is 11.3 Å². The molecule has 0 unspecified atom stereocenters. The van der Waals surface area contributed by atoms with Crippen molar-refractivity contribution < 1.29 is 9.32 Å². The van der Waals surface area contributed by atoms with Gasteiger partial charge in [-0.1, -0.05) is 35.5 Å². The highest BCUT2D eigenvalue weighted by atomic mass is 16.5. The average molecular weight is 310 g/mol. The highest BCUT2D eigenvalue weighted by Gasteiger charge is 2.09. The van der Waals surface area contributed by atoms with Crippen LogP contribution in [0.25, 0.3) is 11.3 Å². The second kappa shape index (κ2) is 6.27. The quantitative estimate of drug-likeness (QED) is 0.794. The number of rotatable bonds is 4. The van der Waals surface area contributed by atoms with E-state index in [1.165, 1.54) is 17.0 Å². The molecule has 1 amide bonds. The summed E-state index contributed by atoms with van der Waals surface area (Å²) < 4.78 is 6.12. The molecule has 116 valence electrons. The van der Waals surface area contributed by atoms with E-state index in [2.05, 4.69) is 15.5 Å². The minimum absolute atomic E-state index is 0.152. The highest BCUT2D eigenvalue weighted by Crippen LogP contribution is 2.13. The van der Waals surface area contributed by atoms with E-state index >= 15 is 0 Å². The number of amides is 1. The van der Waals surface area contributed by atoms with Gasteiger partial charge in [-0.3, -0.25) is 19.5 Å². The molecule has 0 aliphatic carbocycles. The number of nitrogens with zero attached hydrogens (tertiary/aromatic N) is 3. The van der Waals surface area contributed by atoms with Crippen LogP contribution in [0.4, 0.5) is 5.88 Å². The van der Waals surface area contributed by atoms with Crippen molar-refractivity contribution in [1.82, 2.24) is 14.7 Å². The van der Waals surface area contributed by atoms with Crippen LogP contribution in [0.3, 0.4) is 0 Å². The number of aromatic nitrogens is 3. The average Bonchev–Trinajstić information content (AvgIpc) is 2.95. The van der Waals surface area contributed by atoms with Crippen molar-refractivity contribution in [3.8, 4) is 11.3 Å². The molecule has 1 aromatic carbocycles. The van der Waals surface area contributed by atoms with Crippen molar-refractivity contribution >= 4 is 11.8 Å².